The molecule has 6 rings (SSSR count). The van der Waals surface area contributed by atoms with Crippen LogP contribution in [0, 0.1) is 50.7 Å². The summed E-state index contributed by atoms with van der Waals surface area (Å²) >= 11 is 0. The van der Waals surface area contributed by atoms with Crippen LogP contribution in [0.1, 0.15) is 86.0 Å². The maximum absolute atomic E-state index is 11.9. The highest BCUT2D eigenvalue weighted by molar-refractivity contribution is 5.72. The fraction of sp³-hybridized carbons (Fsp3) is 0.963. The van der Waals surface area contributed by atoms with Crippen molar-refractivity contribution in [1.29, 1.82) is 0 Å². The molecule has 0 aromatic carbocycles. The van der Waals surface area contributed by atoms with Gasteiger partial charge in [0.05, 0.1) is 18.3 Å². The van der Waals surface area contributed by atoms with Crippen LogP contribution < -0.4 is 0 Å². The molecule has 0 amide bonds. The number of rotatable bonds is 1. The molecule has 5 aliphatic carbocycles. The largest absolute Gasteiger partial charge is 0.479 e. The van der Waals surface area contributed by atoms with Gasteiger partial charge < -0.3 is 20.1 Å². The topological polar surface area (TPSA) is 87.0 Å². The van der Waals surface area contributed by atoms with E-state index in [9.17, 15) is 20.1 Å². The number of hydrogen-bond donors (Lipinski definition) is 3. The number of aliphatic hydroxyl groups excluding tert-OH is 2. The zero-order chi connectivity index (χ0) is 23.1. The summed E-state index contributed by atoms with van der Waals surface area (Å²) in [6.07, 6.45) is 6.41. The number of fused-ring (bicyclic) bond motifs is 4. The van der Waals surface area contributed by atoms with Crippen LogP contribution in [0.5, 0.6) is 0 Å². The average molecular weight is 447 g/mol. The van der Waals surface area contributed by atoms with Gasteiger partial charge in [0.1, 0.15) is 0 Å². The van der Waals surface area contributed by atoms with E-state index in [0.717, 1.165) is 32.1 Å². The van der Waals surface area contributed by atoms with Crippen LogP contribution >= 0.6 is 0 Å². The second kappa shape index (κ2) is 6.12. The molecule has 5 nitrogen and oxygen atoms in total. The Kier molecular flexibility index (Phi) is 4.18. The van der Waals surface area contributed by atoms with Gasteiger partial charge in [-0.1, -0.05) is 34.6 Å². The van der Waals surface area contributed by atoms with E-state index >= 15 is 0 Å². The molecule has 1 aliphatic heterocycles. The van der Waals surface area contributed by atoms with Crippen molar-refractivity contribution in [1.82, 2.24) is 0 Å². The molecule has 1 unspecified atom stereocenters. The first kappa shape index (κ1) is 21.9. The molecule has 0 aromatic heterocycles. The molecule has 1 heterocycles. The van der Waals surface area contributed by atoms with Crippen LogP contribution in [0.2, 0.25) is 0 Å². The Morgan fingerprint density at radius 3 is 2.28 bits per heavy atom. The number of carboxylic acid groups (broad SMARTS) is 1. The summed E-state index contributed by atoms with van der Waals surface area (Å²) in [5, 5.41) is 32.4. The molecular formula is C27H42O5. The highest BCUT2D eigenvalue weighted by Crippen LogP contribution is 2.89. The van der Waals surface area contributed by atoms with E-state index < -0.39 is 18.2 Å². The zero-order valence-corrected chi connectivity index (χ0v) is 20.4. The van der Waals surface area contributed by atoms with Crippen LogP contribution in [0.25, 0.3) is 0 Å². The summed E-state index contributed by atoms with van der Waals surface area (Å²) in [4.78, 5) is 11.8. The minimum atomic E-state index is -0.895. The molecule has 0 bridgehead atoms. The Morgan fingerprint density at radius 2 is 1.59 bits per heavy atom. The molecule has 0 aromatic rings. The summed E-state index contributed by atoms with van der Waals surface area (Å²) in [5.74, 6) is 0.575. The second-order valence-corrected chi connectivity index (χ2v) is 13.9. The van der Waals surface area contributed by atoms with Crippen LogP contribution in [-0.4, -0.2) is 45.7 Å². The van der Waals surface area contributed by atoms with E-state index in [1.807, 2.05) is 0 Å². The van der Waals surface area contributed by atoms with Crippen LogP contribution in [0.4, 0.5) is 0 Å². The maximum atomic E-state index is 11.9. The van der Waals surface area contributed by atoms with Gasteiger partial charge in [-0.05, 0) is 96.7 Å². The Bertz CT molecular complexity index is 855. The number of aliphatic carboxylic acids is 1. The summed E-state index contributed by atoms with van der Waals surface area (Å²) in [7, 11) is 0. The SMILES string of the molecule is C[C@@H]1C[C@H](C(=O)O)O[C@H]2[C@H]1[C@@]1(C)CC[C@@]34C[C@@]35CCC(O)C(C)(C)[C@@H]5CC[C@H]4[C@]1(C)[C@H]2O. The predicted molar refractivity (Wildman–Crippen MR) is 120 cm³/mol. The summed E-state index contributed by atoms with van der Waals surface area (Å²) in [5.41, 5.74) is 0.286. The first-order valence-electron chi connectivity index (χ1n) is 13.1. The van der Waals surface area contributed by atoms with Gasteiger partial charge >= 0.3 is 5.97 Å². The average Bonchev–Trinajstić information content (AvgIpc) is 3.36. The van der Waals surface area contributed by atoms with Gasteiger partial charge in [-0.2, -0.15) is 0 Å². The molecule has 6 aliphatic rings. The Hall–Kier alpha value is -0.650. The molecule has 2 spiro atoms. The maximum Gasteiger partial charge on any atom is 0.332 e. The standard InChI is InChI=1S/C27H42O5/c1-14-12-15(22(30)31)32-20-19(14)24(4)10-11-27-13-26(27)9-8-18(28)23(2,3)16(26)6-7-17(27)25(24,5)21(20)29/h14-21,28-29H,6-13H2,1-5H3,(H,30,31)/t14-,15-,16+,17+,18?,19+,20+,21+,24-,25-,26-,27+/m1/s1. The van der Waals surface area contributed by atoms with E-state index in [1.54, 1.807) is 0 Å². The van der Waals surface area contributed by atoms with Crippen molar-refractivity contribution in [2.24, 2.45) is 50.7 Å². The second-order valence-electron chi connectivity index (χ2n) is 13.9. The molecule has 0 radical (unpaired) electrons. The lowest BCUT2D eigenvalue weighted by atomic mass is 9.41. The van der Waals surface area contributed by atoms with Gasteiger partial charge in [-0.25, -0.2) is 4.79 Å². The Labute approximate surface area is 192 Å². The number of hydrogen-bond acceptors (Lipinski definition) is 4. The third-order valence-corrected chi connectivity index (χ3v) is 13.1. The van der Waals surface area contributed by atoms with Crippen molar-refractivity contribution >= 4 is 5.97 Å². The molecule has 32 heavy (non-hydrogen) atoms. The van der Waals surface area contributed by atoms with E-state index in [1.165, 1.54) is 12.8 Å². The first-order chi connectivity index (χ1) is 14.9. The van der Waals surface area contributed by atoms with Gasteiger partial charge in [0.2, 0.25) is 0 Å². The number of carboxylic acids is 1. The summed E-state index contributed by atoms with van der Waals surface area (Å²) in [6.45, 7) is 11.5. The Morgan fingerprint density at radius 1 is 0.938 bits per heavy atom. The number of aliphatic hydroxyl groups is 2. The Balaban J connectivity index is 1.40. The molecular weight excluding hydrogens is 404 g/mol. The van der Waals surface area contributed by atoms with Gasteiger partial charge in [0.25, 0.3) is 0 Å². The zero-order valence-electron chi connectivity index (χ0n) is 20.4. The van der Waals surface area contributed by atoms with Crippen LogP contribution in [-0.2, 0) is 9.53 Å². The lowest BCUT2D eigenvalue weighted by Crippen LogP contribution is -2.59. The molecule has 12 atom stereocenters. The summed E-state index contributed by atoms with van der Waals surface area (Å²) < 4.78 is 6.17. The first-order valence-corrected chi connectivity index (χ1v) is 13.1. The molecule has 1 saturated heterocycles. The lowest BCUT2D eigenvalue weighted by Gasteiger charge is -2.63. The highest BCUT2D eigenvalue weighted by atomic mass is 16.5. The predicted octanol–water partition coefficient (Wildman–Crippen LogP) is 4.25. The van der Waals surface area contributed by atoms with Crippen molar-refractivity contribution in [3.05, 3.63) is 0 Å². The third-order valence-electron chi connectivity index (χ3n) is 13.1. The number of carbonyl (C=O) groups is 1. The summed E-state index contributed by atoms with van der Waals surface area (Å²) in [6, 6.07) is 0. The molecule has 5 heteroatoms. The fourth-order valence-corrected chi connectivity index (χ4v) is 11.4. The minimum absolute atomic E-state index is 0.0315. The minimum Gasteiger partial charge on any atom is -0.479 e. The van der Waals surface area contributed by atoms with Gasteiger partial charge in [0, 0.05) is 5.41 Å². The van der Waals surface area contributed by atoms with E-state index in [-0.39, 0.29) is 45.7 Å². The molecule has 5 saturated carbocycles. The van der Waals surface area contributed by atoms with Crippen molar-refractivity contribution in [2.75, 3.05) is 0 Å². The lowest BCUT2D eigenvalue weighted by molar-refractivity contribution is -0.183. The van der Waals surface area contributed by atoms with Crippen molar-refractivity contribution in [3.63, 3.8) is 0 Å². The fourth-order valence-electron chi connectivity index (χ4n) is 11.4. The van der Waals surface area contributed by atoms with Crippen molar-refractivity contribution < 1.29 is 24.9 Å². The quantitative estimate of drug-likeness (QED) is 0.561. The smallest absolute Gasteiger partial charge is 0.332 e. The monoisotopic (exact) mass is 446 g/mol. The normalized spacial score (nSPS) is 62.1. The molecule has 3 N–H and O–H groups in total. The van der Waals surface area contributed by atoms with Gasteiger partial charge in [-0.3, -0.25) is 0 Å². The van der Waals surface area contributed by atoms with E-state index in [4.69, 9.17) is 4.74 Å². The van der Waals surface area contributed by atoms with E-state index in [0.29, 0.717) is 23.7 Å². The molecule has 6 fully saturated rings. The van der Waals surface area contributed by atoms with Gasteiger partial charge in [-0.15, -0.1) is 0 Å². The van der Waals surface area contributed by atoms with Crippen LogP contribution in [0.3, 0.4) is 0 Å². The van der Waals surface area contributed by atoms with Crippen molar-refractivity contribution in [3.8, 4) is 0 Å². The van der Waals surface area contributed by atoms with Crippen molar-refractivity contribution in [2.45, 2.75) is 110 Å². The van der Waals surface area contributed by atoms with E-state index in [2.05, 4.69) is 34.6 Å². The third kappa shape index (κ3) is 2.13. The number of ether oxygens (including phenoxy) is 1. The van der Waals surface area contributed by atoms with Gasteiger partial charge in [0.15, 0.2) is 6.10 Å². The highest BCUT2D eigenvalue weighted by Gasteiger charge is 2.84. The molecule has 180 valence electrons. The van der Waals surface area contributed by atoms with Crippen LogP contribution in [0.15, 0.2) is 0 Å².